The first-order valence-corrected chi connectivity index (χ1v) is 4.37. The van der Waals surface area contributed by atoms with Crippen molar-refractivity contribution in [2.24, 2.45) is 0 Å². The van der Waals surface area contributed by atoms with Gasteiger partial charge in [0.1, 0.15) is 11.6 Å². The normalized spacial score (nSPS) is 10.7. The highest BCUT2D eigenvalue weighted by molar-refractivity contribution is 7.99. The zero-order valence-electron chi connectivity index (χ0n) is 6.58. The third-order valence-electron chi connectivity index (χ3n) is 1.08. The van der Waals surface area contributed by atoms with Crippen molar-refractivity contribution in [2.75, 3.05) is 17.2 Å². The van der Waals surface area contributed by atoms with Crippen LogP contribution in [0.2, 0.25) is 0 Å². The average Bonchev–Trinajstić information content (AvgIpc) is 1.99. The van der Waals surface area contributed by atoms with E-state index in [1.807, 2.05) is 0 Å². The number of nitrogens with two attached hydrogens (primary N) is 2. The van der Waals surface area contributed by atoms with E-state index in [2.05, 4.69) is 9.97 Å². The second kappa shape index (κ2) is 4.22. The number of aromatic nitrogens is 2. The predicted molar refractivity (Wildman–Crippen MR) is 47.6 cm³/mol. The Hall–Kier alpha value is -1.11. The maximum absolute atomic E-state index is 11.8. The van der Waals surface area contributed by atoms with E-state index >= 15 is 0 Å². The Morgan fingerprint density at radius 2 is 1.85 bits per heavy atom. The fourth-order valence-electron chi connectivity index (χ4n) is 0.664. The molecule has 1 rings (SSSR count). The van der Waals surface area contributed by atoms with E-state index in [0.29, 0.717) is 0 Å². The lowest BCUT2D eigenvalue weighted by Crippen LogP contribution is -2.01. The van der Waals surface area contributed by atoms with Crippen LogP contribution in [0.5, 0.6) is 0 Å². The minimum atomic E-state index is -2.39. The Morgan fingerprint density at radius 3 is 2.31 bits per heavy atom. The number of thioether (sulfide) groups is 1. The second-order valence-electron chi connectivity index (χ2n) is 2.20. The largest absolute Gasteiger partial charge is 0.383 e. The zero-order valence-corrected chi connectivity index (χ0v) is 7.39. The van der Waals surface area contributed by atoms with Crippen LogP contribution < -0.4 is 11.5 Å². The lowest BCUT2D eigenvalue weighted by molar-refractivity contribution is 0.176. The first-order valence-electron chi connectivity index (χ1n) is 3.39. The summed E-state index contributed by atoms with van der Waals surface area (Å²) in [5.74, 6) is 0.0108. The molecule has 0 atom stereocenters. The van der Waals surface area contributed by atoms with Gasteiger partial charge in [-0.25, -0.2) is 18.7 Å². The summed E-state index contributed by atoms with van der Waals surface area (Å²) in [4.78, 5) is 7.44. The van der Waals surface area contributed by atoms with Crippen LogP contribution in [0, 0.1) is 0 Å². The molecule has 4 nitrogen and oxygen atoms in total. The van der Waals surface area contributed by atoms with Gasteiger partial charge in [0.25, 0.3) is 0 Å². The fourth-order valence-corrected chi connectivity index (χ4v) is 1.28. The van der Waals surface area contributed by atoms with Crippen molar-refractivity contribution >= 4 is 23.4 Å². The summed E-state index contributed by atoms with van der Waals surface area (Å²) in [5, 5.41) is 0.179. The van der Waals surface area contributed by atoms with Gasteiger partial charge in [0.15, 0.2) is 5.16 Å². The van der Waals surface area contributed by atoms with Gasteiger partial charge in [0.05, 0.1) is 5.75 Å². The van der Waals surface area contributed by atoms with Gasteiger partial charge in [-0.2, -0.15) is 0 Å². The monoisotopic (exact) mass is 206 g/mol. The minimum absolute atomic E-state index is 0.179. The van der Waals surface area contributed by atoms with Gasteiger partial charge in [-0.05, 0) is 0 Å². The third-order valence-corrected chi connectivity index (χ3v) is 1.94. The molecular formula is C6H8F2N4S. The molecule has 0 spiro atoms. The van der Waals surface area contributed by atoms with E-state index in [9.17, 15) is 8.78 Å². The number of hydrogen-bond acceptors (Lipinski definition) is 5. The van der Waals surface area contributed by atoms with E-state index < -0.39 is 6.43 Å². The van der Waals surface area contributed by atoms with Crippen LogP contribution in [0.3, 0.4) is 0 Å². The highest BCUT2D eigenvalue weighted by Crippen LogP contribution is 2.18. The summed E-state index contributed by atoms with van der Waals surface area (Å²) in [6.45, 7) is 0. The summed E-state index contributed by atoms with van der Waals surface area (Å²) in [6.07, 6.45) is -2.39. The van der Waals surface area contributed by atoms with Crippen molar-refractivity contribution < 1.29 is 8.78 Å². The van der Waals surface area contributed by atoms with Crippen LogP contribution in [0.4, 0.5) is 20.4 Å². The van der Waals surface area contributed by atoms with Gasteiger partial charge in [-0.15, -0.1) is 0 Å². The molecule has 4 N–H and O–H groups in total. The van der Waals surface area contributed by atoms with Gasteiger partial charge in [-0.1, -0.05) is 11.8 Å². The van der Waals surface area contributed by atoms with Gasteiger partial charge < -0.3 is 11.5 Å². The van der Waals surface area contributed by atoms with Crippen molar-refractivity contribution in [3.8, 4) is 0 Å². The third kappa shape index (κ3) is 3.41. The number of rotatable bonds is 3. The zero-order chi connectivity index (χ0) is 9.84. The molecule has 0 aliphatic carbocycles. The quantitative estimate of drug-likeness (QED) is 0.569. The van der Waals surface area contributed by atoms with Crippen LogP contribution in [-0.2, 0) is 0 Å². The molecule has 0 radical (unpaired) electrons. The Kier molecular flexibility index (Phi) is 3.24. The average molecular weight is 206 g/mol. The van der Waals surface area contributed by atoms with Crippen LogP contribution in [0.25, 0.3) is 0 Å². The Bertz CT molecular complexity index is 274. The van der Waals surface area contributed by atoms with Gasteiger partial charge >= 0.3 is 0 Å². The van der Waals surface area contributed by atoms with E-state index in [-0.39, 0.29) is 22.5 Å². The molecule has 1 aromatic heterocycles. The molecule has 13 heavy (non-hydrogen) atoms. The van der Waals surface area contributed by atoms with Crippen molar-refractivity contribution in [3.63, 3.8) is 0 Å². The summed E-state index contributed by atoms with van der Waals surface area (Å²) in [5.41, 5.74) is 10.7. The SMILES string of the molecule is Nc1cc(N)nc(SCC(F)F)n1. The number of alkyl halides is 2. The van der Waals surface area contributed by atoms with Gasteiger partial charge in [0, 0.05) is 6.07 Å². The van der Waals surface area contributed by atoms with Crippen LogP contribution >= 0.6 is 11.8 Å². The van der Waals surface area contributed by atoms with Crippen molar-refractivity contribution in [1.29, 1.82) is 0 Å². The Labute approximate surface area is 77.7 Å². The first kappa shape index (κ1) is 9.97. The predicted octanol–water partition coefficient (Wildman–Crippen LogP) is 0.998. The number of nitrogen functional groups attached to an aromatic ring is 2. The van der Waals surface area contributed by atoms with Gasteiger partial charge in [-0.3, -0.25) is 0 Å². The summed E-state index contributed by atoms with van der Waals surface area (Å²) >= 11 is 0.825. The first-order chi connectivity index (χ1) is 6.08. The molecule has 0 amide bonds. The Morgan fingerprint density at radius 1 is 1.31 bits per heavy atom. The molecule has 7 heteroatoms. The summed E-state index contributed by atoms with van der Waals surface area (Å²) in [6, 6.07) is 1.37. The Balaban J connectivity index is 2.66. The molecule has 0 saturated carbocycles. The smallest absolute Gasteiger partial charge is 0.248 e. The molecule has 0 fully saturated rings. The molecule has 0 aliphatic heterocycles. The fraction of sp³-hybridized carbons (Fsp3) is 0.333. The van der Waals surface area contributed by atoms with Crippen molar-refractivity contribution in [3.05, 3.63) is 6.07 Å². The molecule has 0 saturated heterocycles. The standard InChI is InChI=1S/C6H8F2N4S/c7-3(8)2-13-6-11-4(9)1-5(10)12-6/h1,3H,2H2,(H4,9,10,11,12). The van der Waals surface area contributed by atoms with Crippen molar-refractivity contribution in [1.82, 2.24) is 9.97 Å². The lowest BCUT2D eigenvalue weighted by atomic mass is 10.5. The van der Waals surface area contributed by atoms with Crippen LogP contribution in [-0.4, -0.2) is 22.1 Å². The molecule has 0 aromatic carbocycles. The maximum Gasteiger partial charge on any atom is 0.248 e. The number of anilines is 2. The van der Waals surface area contributed by atoms with Gasteiger partial charge in [0.2, 0.25) is 6.43 Å². The van der Waals surface area contributed by atoms with E-state index in [1.54, 1.807) is 0 Å². The second-order valence-corrected chi connectivity index (χ2v) is 3.19. The van der Waals surface area contributed by atoms with E-state index in [0.717, 1.165) is 11.8 Å². The topological polar surface area (TPSA) is 77.8 Å². The number of halogens is 2. The van der Waals surface area contributed by atoms with E-state index in [4.69, 9.17) is 11.5 Å². The number of hydrogen-bond donors (Lipinski definition) is 2. The molecular weight excluding hydrogens is 198 g/mol. The molecule has 72 valence electrons. The summed E-state index contributed by atoms with van der Waals surface area (Å²) in [7, 11) is 0. The van der Waals surface area contributed by atoms with Crippen molar-refractivity contribution in [2.45, 2.75) is 11.6 Å². The lowest BCUT2D eigenvalue weighted by Gasteiger charge is -2.01. The van der Waals surface area contributed by atoms with E-state index in [1.165, 1.54) is 6.07 Å². The number of nitrogens with zero attached hydrogens (tertiary/aromatic N) is 2. The highest BCUT2D eigenvalue weighted by Gasteiger charge is 2.06. The molecule has 0 aliphatic rings. The van der Waals surface area contributed by atoms with Crippen LogP contribution in [0.1, 0.15) is 0 Å². The minimum Gasteiger partial charge on any atom is -0.383 e. The molecule has 1 aromatic rings. The highest BCUT2D eigenvalue weighted by atomic mass is 32.2. The summed E-state index contributed by atoms with van der Waals surface area (Å²) < 4.78 is 23.6. The van der Waals surface area contributed by atoms with Crippen LogP contribution in [0.15, 0.2) is 11.2 Å². The molecule has 0 bridgehead atoms. The maximum atomic E-state index is 11.8. The molecule has 1 heterocycles. The molecule has 0 unspecified atom stereocenters.